The van der Waals surface area contributed by atoms with Crippen LogP contribution in [0.4, 0.5) is 9.52 Å². The number of anilines is 1. The number of aromatic nitrogens is 1. The van der Waals surface area contributed by atoms with Crippen LogP contribution in [-0.2, 0) is 0 Å². The van der Waals surface area contributed by atoms with E-state index in [1.165, 1.54) is 41.2 Å². The summed E-state index contributed by atoms with van der Waals surface area (Å²) in [5, 5.41) is 0.687. The van der Waals surface area contributed by atoms with Crippen LogP contribution in [0, 0.1) is 19.7 Å². The Morgan fingerprint density at radius 3 is 2.43 bits per heavy atom. The summed E-state index contributed by atoms with van der Waals surface area (Å²) in [5.41, 5.74) is 3.69. The predicted octanol–water partition coefficient (Wildman–Crippen LogP) is 5.07. The van der Waals surface area contributed by atoms with Gasteiger partial charge in [0.25, 0.3) is 5.91 Å². The highest BCUT2D eigenvalue weighted by molar-refractivity contribution is 7.22. The van der Waals surface area contributed by atoms with Gasteiger partial charge in [0.1, 0.15) is 5.82 Å². The summed E-state index contributed by atoms with van der Waals surface area (Å²) in [6.45, 7) is 5.53. The molecule has 1 amide bonds. The summed E-state index contributed by atoms with van der Waals surface area (Å²) in [4.78, 5) is 21.7. The van der Waals surface area contributed by atoms with Gasteiger partial charge in [-0.15, -0.1) is 12.4 Å². The molecule has 3 aromatic rings. The van der Waals surface area contributed by atoms with Crippen molar-refractivity contribution < 1.29 is 9.18 Å². The number of carbonyl (C=O) groups excluding carboxylic acids is 1. The highest BCUT2D eigenvalue weighted by Gasteiger charge is 2.21. The number of fused-ring (bicyclic) bond motifs is 1. The van der Waals surface area contributed by atoms with Gasteiger partial charge in [-0.05, 0) is 82.4 Å². The van der Waals surface area contributed by atoms with Gasteiger partial charge in [-0.3, -0.25) is 9.69 Å². The van der Waals surface area contributed by atoms with Crippen molar-refractivity contribution in [1.82, 2.24) is 9.88 Å². The quantitative estimate of drug-likeness (QED) is 0.557. The molecule has 0 fully saturated rings. The molecule has 7 heteroatoms. The molecule has 1 heterocycles. The van der Waals surface area contributed by atoms with Crippen molar-refractivity contribution in [3.05, 3.63) is 58.9 Å². The molecule has 0 saturated carbocycles. The van der Waals surface area contributed by atoms with Crippen LogP contribution in [0.5, 0.6) is 0 Å². The standard InChI is InChI=1S/C21H24FN3OS.ClH/c1-14-12-15(2)19-18(13-14)27-21(23-19)25(11-5-10-24(3)4)20(26)16-6-8-17(22)9-7-16;/h6-9,12-13H,5,10-11H2,1-4H3;1H. The monoisotopic (exact) mass is 421 g/mol. The van der Waals surface area contributed by atoms with Crippen molar-refractivity contribution >= 4 is 45.0 Å². The molecule has 0 bridgehead atoms. The topological polar surface area (TPSA) is 36.4 Å². The fraction of sp³-hybridized carbons (Fsp3) is 0.333. The molecular formula is C21H25ClFN3OS. The first-order valence-corrected chi connectivity index (χ1v) is 9.77. The number of benzene rings is 2. The molecule has 0 aliphatic rings. The first-order chi connectivity index (χ1) is 12.8. The fourth-order valence-electron chi connectivity index (χ4n) is 3.05. The molecule has 1 aromatic heterocycles. The Kier molecular flexibility index (Phi) is 7.52. The Balaban J connectivity index is 0.00000280. The van der Waals surface area contributed by atoms with Crippen LogP contribution < -0.4 is 4.90 Å². The van der Waals surface area contributed by atoms with E-state index in [4.69, 9.17) is 4.98 Å². The largest absolute Gasteiger partial charge is 0.309 e. The predicted molar refractivity (Wildman–Crippen MR) is 118 cm³/mol. The van der Waals surface area contributed by atoms with Gasteiger partial charge in [-0.1, -0.05) is 17.4 Å². The molecule has 0 radical (unpaired) electrons. The molecule has 150 valence electrons. The average Bonchev–Trinajstić information content (AvgIpc) is 3.02. The zero-order chi connectivity index (χ0) is 19.6. The molecular weight excluding hydrogens is 397 g/mol. The molecule has 0 aliphatic carbocycles. The first kappa shape index (κ1) is 22.3. The van der Waals surface area contributed by atoms with E-state index in [9.17, 15) is 9.18 Å². The second-order valence-corrected chi connectivity index (χ2v) is 8.05. The lowest BCUT2D eigenvalue weighted by atomic mass is 10.1. The van der Waals surface area contributed by atoms with Crippen molar-refractivity contribution in [3.8, 4) is 0 Å². The number of nitrogens with zero attached hydrogens (tertiary/aromatic N) is 3. The molecule has 0 saturated heterocycles. The molecule has 28 heavy (non-hydrogen) atoms. The van der Waals surface area contributed by atoms with Gasteiger partial charge >= 0.3 is 0 Å². The molecule has 0 aliphatic heterocycles. The average molecular weight is 422 g/mol. The van der Waals surface area contributed by atoms with Crippen LogP contribution in [0.2, 0.25) is 0 Å². The highest BCUT2D eigenvalue weighted by atomic mass is 35.5. The maximum Gasteiger partial charge on any atom is 0.260 e. The number of carbonyl (C=O) groups is 1. The Morgan fingerprint density at radius 1 is 1.11 bits per heavy atom. The maximum absolute atomic E-state index is 13.2. The van der Waals surface area contributed by atoms with E-state index in [1.54, 1.807) is 4.90 Å². The van der Waals surface area contributed by atoms with Crippen molar-refractivity contribution in [2.75, 3.05) is 32.1 Å². The lowest BCUT2D eigenvalue weighted by Crippen LogP contribution is -2.33. The number of hydrogen-bond acceptors (Lipinski definition) is 4. The number of hydrogen-bond donors (Lipinski definition) is 0. The van der Waals surface area contributed by atoms with E-state index in [2.05, 4.69) is 24.0 Å². The summed E-state index contributed by atoms with van der Waals surface area (Å²) in [7, 11) is 4.02. The number of aryl methyl sites for hydroxylation is 2. The van der Waals surface area contributed by atoms with Gasteiger partial charge in [-0.2, -0.15) is 0 Å². The van der Waals surface area contributed by atoms with E-state index >= 15 is 0 Å². The van der Waals surface area contributed by atoms with Crippen LogP contribution >= 0.6 is 23.7 Å². The molecule has 4 nitrogen and oxygen atoms in total. The Morgan fingerprint density at radius 2 is 1.79 bits per heavy atom. The third kappa shape index (κ3) is 5.07. The molecule has 0 atom stereocenters. The lowest BCUT2D eigenvalue weighted by molar-refractivity contribution is 0.0986. The third-order valence-electron chi connectivity index (χ3n) is 4.37. The van der Waals surface area contributed by atoms with Gasteiger partial charge in [-0.25, -0.2) is 9.37 Å². The molecule has 0 spiro atoms. The number of rotatable bonds is 6. The van der Waals surface area contributed by atoms with E-state index in [1.807, 2.05) is 21.0 Å². The Labute approximate surface area is 175 Å². The number of halogens is 2. The number of amides is 1. The maximum atomic E-state index is 13.2. The van der Waals surface area contributed by atoms with Crippen LogP contribution in [0.3, 0.4) is 0 Å². The Hall–Kier alpha value is -2.02. The summed E-state index contributed by atoms with van der Waals surface area (Å²) in [6.07, 6.45) is 0.827. The smallest absolute Gasteiger partial charge is 0.260 e. The minimum absolute atomic E-state index is 0. The second-order valence-electron chi connectivity index (χ2n) is 7.05. The summed E-state index contributed by atoms with van der Waals surface area (Å²) >= 11 is 1.52. The minimum Gasteiger partial charge on any atom is -0.309 e. The minimum atomic E-state index is -0.350. The zero-order valence-corrected chi connectivity index (χ0v) is 18.2. The van der Waals surface area contributed by atoms with Crippen molar-refractivity contribution in [2.45, 2.75) is 20.3 Å². The van der Waals surface area contributed by atoms with E-state index < -0.39 is 0 Å². The summed E-state index contributed by atoms with van der Waals surface area (Å²) in [5.74, 6) is -0.501. The summed E-state index contributed by atoms with van der Waals surface area (Å²) < 4.78 is 14.3. The van der Waals surface area contributed by atoms with Crippen LogP contribution in [0.15, 0.2) is 36.4 Å². The van der Waals surface area contributed by atoms with Gasteiger partial charge in [0.15, 0.2) is 5.13 Å². The van der Waals surface area contributed by atoms with Gasteiger partial charge in [0, 0.05) is 12.1 Å². The van der Waals surface area contributed by atoms with E-state index in [0.717, 1.165) is 28.7 Å². The Bertz CT molecular complexity index is 956. The molecule has 2 aromatic carbocycles. The molecule has 3 rings (SSSR count). The first-order valence-electron chi connectivity index (χ1n) is 8.95. The molecule has 0 unspecified atom stereocenters. The summed E-state index contributed by atoms with van der Waals surface area (Å²) in [6, 6.07) is 9.89. The van der Waals surface area contributed by atoms with Crippen molar-refractivity contribution in [2.24, 2.45) is 0 Å². The van der Waals surface area contributed by atoms with Crippen LogP contribution in [0.25, 0.3) is 10.2 Å². The fourth-order valence-corrected chi connectivity index (χ4v) is 4.22. The zero-order valence-electron chi connectivity index (χ0n) is 16.5. The van der Waals surface area contributed by atoms with Gasteiger partial charge in [0.2, 0.25) is 0 Å². The normalized spacial score (nSPS) is 10.9. The second kappa shape index (κ2) is 9.45. The van der Waals surface area contributed by atoms with Crippen LogP contribution in [0.1, 0.15) is 27.9 Å². The van der Waals surface area contributed by atoms with Crippen LogP contribution in [-0.4, -0.2) is 43.0 Å². The third-order valence-corrected chi connectivity index (χ3v) is 5.40. The van der Waals surface area contributed by atoms with Crippen molar-refractivity contribution in [3.63, 3.8) is 0 Å². The lowest BCUT2D eigenvalue weighted by Gasteiger charge is -2.21. The van der Waals surface area contributed by atoms with E-state index in [-0.39, 0.29) is 24.1 Å². The SMILES string of the molecule is Cc1cc(C)c2nc(N(CCCN(C)C)C(=O)c3ccc(F)cc3)sc2c1.Cl. The number of thiazole rings is 1. The molecule has 0 N–H and O–H groups in total. The highest BCUT2D eigenvalue weighted by Crippen LogP contribution is 2.32. The van der Waals surface area contributed by atoms with Crippen molar-refractivity contribution in [1.29, 1.82) is 0 Å². The van der Waals surface area contributed by atoms with Gasteiger partial charge in [0.05, 0.1) is 10.2 Å². The van der Waals surface area contributed by atoms with E-state index in [0.29, 0.717) is 17.2 Å². The van der Waals surface area contributed by atoms with Gasteiger partial charge < -0.3 is 4.90 Å².